The van der Waals surface area contributed by atoms with Crippen LogP contribution in [0, 0.1) is 0 Å². The Hall–Kier alpha value is -0.700. The fourth-order valence-corrected chi connectivity index (χ4v) is 1.32. The Morgan fingerprint density at radius 1 is 1.50 bits per heavy atom. The summed E-state index contributed by atoms with van der Waals surface area (Å²) in [6.45, 7) is 4.17. The summed E-state index contributed by atoms with van der Waals surface area (Å²) in [6, 6.07) is 7.89. The van der Waals surface area contributed by atoms with E-state index in [0.29, 0.717) is 11.6 Å². The van der Waals surface area contributed by atoms with Gasteiger partial charge in [-0.15, -0.1) is 0 Å². The lowest BCUT2D eigenvalue weighted by Crippen LogP contribution is -2.11. The first-order valence-electron chi connectivity index (χ1n) is 5.13. The van der Waals surface area contributed by atoms with Gasteiger partial charge in [0.05, 0.1) is 5.03 Å². The molecule has 0 aliphatic rings. The van der Waals surface area contributed by atoms with Gasteiger partial charge in [0.1, 0.15) is 12.4 Å². The van der Waals surface area contributed by atoms with E-state index in [1.807, 2.05) is 18.2 Å². The molecule has 0 atom stereocenters. The molecule has 0 radical (unpaired) electrons. The quantitative estimate of drug-likeness (QED) is 0.845. The standard InChI is InChI=1S/C12H15Cl2NO/c1-2-15-8-10-4-3-5-12(6-10)16-9-11(14)7-13/h3-7,15H,2,8-9H2,1H3. The largest absolute Gasteiger partial charge is 0.488 e. The van der Waals surface area contributed by atoms with E-state index < -0.39 is 0 Å². The summed E-state index contributed by atoms with van der Waals surface area (Å²) in [5.41, 5.74) is 2.50. The molecule has 0 saturated heterocycles. The van der Waals surface area contributed by atoms with Gasteiger partial charge in [0, 0.05) is 12.1 Å². The molecular formula is C12H15Cl2NO. The van der Waals surface area contributed by atoms with E-state index in [1.165, 1.54) is 11.1 Å². The van der Waals surface area contributed by atoms with Gasteiger partial charge in [0.25, 0.3) is 0 Å². The van der Waals surface area contributed by atoms with Crippen molar-refractivity contribution in [2.24, 2.45) is 0 Å². The van der Waals surface area contributed by atoms with Gasteiger partial charge in [-0.2, -0.15) is 0 Å². The maximum absolute atomic E-state index is 5.73. The maximum Gasteiger partial charge on any atom is 0.125 e. The van der Waals surface area contributed by atoms with E-state index >= 15 is 0 Å². The predicted molar refractivity (Wildman–Crippen MR) is 69.1 cm³/mol. The molecule has 0 aromatic heterocycles. The Bertz CT molecular complexity index is 353. The lowest BCUT2D eigenvalue weighted by atomic mass is 10.2. The zero-order valence-corrected chi connectivity index (χ0v) is 10.7. The van der Waals surface area contributed by atoms with E-state index in [-0.39, 0.29) is 0 Å². The van der Waals surface area contributed by atoms with Crippen LogP contribution in [0.15, 0.2) is 34.8 Å². The van der Waals surface area contributed by atoms with Gasteiger partial charge in [0.15, 0.2) is 0 Å². The molecule has 0 unspecified atom stereocenters. The molecule has 4 heteroatoms. The molecule has 0 amide bonds. The van der Waals surface area contributed by atoms with Crippen molar-refractivity contribution in [3.8, 4) is 5.75 Å². The van der Waals surface area contributed by atoms with Crippen LogP contribution in [0.3, 0.4) is 0 Å². The number of benzene rings is 1. The average Bonchev–Trinajstić information content (AvgIpc) is 2.34. The molecule has 0 heterocycles. The van der Waals surface area contributed by atoms with Crippen molar-refractivity contribution in [1.29, 1.82) is 0 Å². The monoisotopic (exact) mass is 259 g/mol. The van der Waals surface area contributed by atoms with Gasteiger partial charge in [-0.25, -0.2) is 0 Å². The highest BCUT2D eigenvalue weighted by molar-refractivity contribution is 6.36. The van der Waals surface area contributed by atoms with Gasteiger partial charge in [-0.05, 0) is 24.2 Å². The molecule has 0 aliphatic heterocycles. The van der Waals surface area contributed by atoms with Crippen LogP contribution in [-0.2, 0) is 6.54 Å². The Morgan fingerprint density at radius 3 is 3.00 bits per heavy atom. The van der Waals surface area contributed by atoms with Gasteiger partial charge < -0.3 is 10.1 Å². The normalized spacial score (nSPS) is 11.6. The average molecular weight is 260 g/mol. The topological polar surface area (TPSA) is 21.3 Å². The zero-order valence-electron chi connectivity index (χ0n) is 9.17. The van der Waals surface area contributed by atoms with E-state index in [2.05, 4.69) is 18.3 Å². The van der Waals surface area contributed by atoms with Crippen molar-refractivity contribution >= 4 is 23.2 Å². The minimum absolute atomic E-state index is 0.301. The first kappa shape index (κ1) is 13.4. The van der Waals surface area contributed by atoms with Crippen molar-refractivity contribution in [2.45, 2.75) is 13.5 Å². The van der Waals surface area contributed by atoms with Gasteiger partial charge >= 0.3 is 0 Å². The van der Waals surface area contributed by atoms with E-state index in [9.17, 15) is 0 Å². The summed E-state index contributed by atoms with van der Waals surface area (Å²) in [4.78, 5) is 0. The minimum Gasteiger partial charge on any atom is -0.488 e. The van der Waals surface area contributed by atoms with Crippen molar-refractivity contribution in [1.82, 2.24) is 5.32 Å². The van der Waals surface area contributed by atoms with Gasteiger partial charge in [-0.3, -0.25) is 0 Å². The number of hydrogen-bond donors (Lipinski definition) is 1. The van der Waals surface area contributed by atoms with E-state index in [4.69, 9.17) is 27.9 Å². The number of hydrogen-bond acceptors (Lipinski definition) is 2. The van der Waals surface area contributed by atoms with Crippen LogP contribution in [0.5, 0.6) is 5.75 Å². The van der Waals surface area contributed by atoms with Crippen LogP contribution < -0.4 is 10.1 Å². The molecule has 88 valence electrons. The van der Waals surface area contributed by atoms with Gasteiger partial charge in [0.2, 0.25) is 0 Å². The van der Waals surface area contributed by atoms with Crippen LogP contribution in [0.25, 0.3) is 0 Å². The number of rotatable bonds is 6. The SMILES string of the molecule is CCNCc1cccc(OCC(Cl)=CCl)c1. The van der Waals surface area contributed by atoms with Crippen LogP contribution in [0.4, 0.5) is 0 Å². The molecule has 1 rings (SSSR count). The highest BCUT2D eigenvalue weighted by Gasteiger charge is 1.98. The Kier molecular flexibility index (Phi) is 6.31. The van der Waals surface area contributed by atoms with Crippen molar-refractivity contribution < 1.29 is 4.74 Å². The summed E-state index contributed by atoms with van der Waals surface area (Å²) in [7, 11) is 0. The van der Waals surface area contributed by atoms with E-state index in [1.54, 1.807) is 0 Å². The predicted octanol–water partition coefficient (Wildman–Crippen LogP) is 3.49. The summed E-state index contributed by atoms with van der Waals surface area (Å²) in [6.07, 6.45) is 0. The third kappa shape index (κ3) is 4.88. The van der Waals surface area contributed by atoms with Gasteiger partial charge in [-0.1, -0.05) is 42.3 Å². The molecular weight excluding hydrogens is 245 g/mol. The van der Waals surface area contributed by atoms with Crippen LogP contribution in [-0.4, -0.2) is 13.2 Å². The van der Waals surface area contributed by atoms with Crippen molar-refractivity contribution in [3.63, 3.8) is 0 Å². The third-order valence-electron chi connectivity index (χ3n) is 1.97. The van der Waals surface area contributed by atoms with Crippen LogP contribution >= 0.6 is 23.2 Å². The lowest BCUT2D eigenvalue weighted by molar-refractivity contribution is 0.359. The second-order valence-electron chi connectivity index (χ2n) is 3.27. The Balaban J connectivity index is 2.53. The number of halogens is 2. The summed E-state index contributed by atoms with van der Waals surface area (Å²) in [5, 5.41) is 3.74. The van der Waals surface area contributed by atoms with Crippen LogP contribution in [0.1, 0.15) is 12.5 Å². The lowest BCUT2D eigenvalue weighted by Gasteiger charge is -2.07. The smallest absolute Gasteiger partial charge is 0.125 e. The number of ether oxygens (including phenoxy) is 1. The second kappa shape index (κ2) is 7.55. The maximum atomic E-state index is 5.73. The zero-order chi connectivity index (χ0) is 11.8. The fourth-order valence-electron chi connectivity index (χ4n) is 1.20. The first-order chi connectivity index (χ1) is 7.76. The molecule has 1 N–H and O–H groups in total. The van der Waals surface area contributed by atoms with Crippen molar-refractivity contribution in [3.05, 3.63) is 40.4 Å². The highest BCUT2D eigenvalue weighted by atomic mass is 35.5. The van der Waals surface area contributed by atoms with Crippen molar-refractivity contribution in [2.75, 3.05) is 13.2 Å². The molecule has 0 spiro atoms. The molecule has 0 fully saturated rings. The van der Waals surface area contributed by atoms with E-state index in [0.717, 1.165) is 18.8 Å². The fraction of sp³-hybridized carbons (Fsp3) is 0.333. The summed E-state index contributed by atoms with van der Waals surface area (Å²) >= 11 is 11.2. The second-order valence-corrected chi connectivity index (χ2v) is 3.98. The summed E-state index contributed by atoms with van der Waals surface area (Å²) < 4.78 is 5.47. The molecule has 0 aliphatic carbocycles. The molecule has 1 aromatic rings. The molecule has 1 aromatic carbocycles. The van der Waals surface area contributed by atoms with Crippen LogP contribution in [0.2, 0.25) is 0 Å². The molecule has 16 heavy (non-hydrogen) atoms. The summed E-state index contributed by atoms with van der Waals surface area (Å²) in [5.74, 6) is 0.798. The third-order valence-corrected chi connectivity index (χ3v) is 2.57. The molecule has 2 nitrogen and oxygen atoms in total. The highest BCUT2D eigenvalue weighted by Crippen LogP contribution is 2.15. The Labute approximate surface area is 106 Å². The first-order valence-corrected chi connectivity index (χ1v) is 5.95. The molecule has 0 saturated carbocycles. The number of nitrogens with one attached hydrogen (secondary N) is 1. The minimum atomic E-state index is 0.301. The molecule has 0 bridgehead atoms. The Morgan fingerprint density at radius 2 is 2.31 bits per heavy atom.